The first-order valence-electron chi connectivity index (χ1n) is 9.85. The molecule has 0 N–H and O–H groups in total. The predicted molar refractivity (Wildman–Crippen MR) is 131 cm³/mol. The molecule has 0 saturated carbocycles. The molecule has 0 unspecified atom stereocenters. The zero-order valence-corrected chi connectivity index (χ0v) is 21.2. The Labute approximate surface area is 209 Å². The second-order valence-corrected chi connectivity index (χ2v) is 11.5. The summed E-state index contributed by atoms with van der Waals surface area (Å²) in [5, 5.41) is 9.73. The van der Waals surface area contributed by atoms with Gasteiger partial charge in [0.1, 0.15) is 18.1 Å². The summed E-state index contributed by atoms with van der Waals surface area (Å²) in [7, 11) is -3.41. The van der Waals surface area contributed by atoms with Gasteiger partial charge in [-0.05, 0) is 60.7 Å². The summed E-state index contributed by atoms with van der Waals surface area (Å²) in [6, 6.07) is 17.3. The Balaban J connectivity index is 1.46. The number of ether oxygens (including phenoxy) is 1. The molecule has 0 fully saturated rings. The molecule has 0 atom stereocenters. The van der Waals surface area contributed by atoms with Gasteiger partial charge < -0.3 is 9.15 Å². The summed E-state index contributed by atoms with van der Waals surface area (Å²) in [6.45, 7) is 0.591. The van der Waals surface area contributed by atoms with Crippen molar-refractivity contribution < 1.29 is 17.6 Å². The Kier molecular flexibility index (Phi) is 7.79. The van der Waals surface area contributed by atoms with E-state index in [0.29, 0.717) is 38.9 Å². The van der Waals surface area contributed by atoms with Crippen molar-refractivity contribution in [1.29, 1.82) is 0 Å². The van der Waals surface area contributed by atoms with Gasteiger partial charge in [0.25, 0.3) is 0 Å². The van der Waals surface area contributed by atoms with Crippen molar-refractivity contribution >= 4 is 49.1 Å². The number of hydrogen-bond donors (Lipinski definition) is 0. The molecule has 0 aliphatic carbocycles. The van der Waals surface area contributed by atoms with Gasteiger partial charge in [0.2, 0.25) is 0 Å². The van der Waals surface area contributed by atoms with Crippen LogP contribution in [0.5, 0.6) is 5.75 Å². The Morgan fingerprint density at radius 3 is 2.52 bits per heavy atom. The first-order valence-corrected chi connectivity index (χ1v) is 13.7. The molecule has 2 aromatic heterocycles. The van der Waals surface area contributed by atoms with Crippen molar-refractivity contribution in [3.63, 3.8) is 0 Å². The fourth-order valence-corrected chi connectivity index (χ4v) is 5.93. The number of halogens is 2. The van der Waals surface area contributed by atoms with E-state index < -0.39 is 9.84 Å². The molecule has 0 bridgehead atoms. The molecule has 11 heteroatoms. The van der Waals surface area contributed by atoms with Gasteiger partial charge in [0.05, 0.1) is 23.5 Å². The van der Waals surface area contributed by atoms with Crippen LogP contribution in [0, 0.1) is 0 Å². The van der Waals surface area contributed by atoms with Gasteiger partial charge in [0, 0.05) is 15.2 Å². The molecule has 0 saturated heterocycles. The van der Waals surface area contributed by atoms with Crippen LogP contribution in [0.15, 0.2) is 85.9 Å². The maximum Gasteiger partial charge on any atom is 0.191 e. The van der Waals surface area contributed by atoms with Crippen molar-refractivity contribution in [3.05, 3.63) is 88.0 Å². The second-order valence-electron chi connectivity index (χ2n) is 6.93. The topological polar surface area (TPSA) is 87.2 Å². The number of hydrogen-bond acceptors (Lipinski definition) is 7. The van der Waals surface area contributed by atoms with Gasteiger partial charge in [0.15, 0.2) is 20.8 Å². The summed E-state index contributed by atoms with van der Waals surface area (Å²) < 4.78 is 39.3. The van der Waals surface area contributed by atoms with Gasteiger partial charge >= 0.3 is 0 Å². The molecule has 0 aliphatic heterocycles. The Morgan fingerprint density at radius 2 is 1.82 bits per heavy atom. The van der Waals surface area contributed by atoms with Crippen LogP contribution in [0.3, 0.4) is 0 Å². The lowest BCUT2D eigenvalue weighted by Gasteiger charge is -2.10. The second kappa shape index (κ2) is 10.8. The van der Waals surface area contributed by atoms with Gasteiger partial charge in [-0.15, -0.1) is 10.2 Å². The molecule has 7 nitrogen and oxygen atoms in total. The predicted octanol–water partition coefficient (Wildman–Crippen LogP) is 5.48. The quantitative estimate of drug-likeness (QED) is 0.234. The van der Waals surface area contributed by atoms with Crippen LogP contribution in [0.2, 0.25) is 5.02 Å². The van der Waals surface area contributed by atoms with Crippen molar-refractivity contribution in [2.75, 3.05) is 11.5 Å². The number of thioether (sulfide) groups is 1. The number of rotatable bonds is 10. The molecule has 172 valence electrons. The van der Waals surface area contributed by atoms with E-state index >= 15 is 0 Å². The van der Waals surface area contributed by atoms with E-state index in [2.05, 4.69) is 26.1 Å². The van der Waals surface area contributed by atoms with Crippen LogP contribution in [0.4, 0.5) is 0 Å². The summed E-state index contributed by atoms with van der Waals surface area (Å²) in [5.74, 6) is 2.28. The Bertz CT molecular complexity index is 1290. The zero-order valence-electron chi connectivity index (χ0n) is 17.2. The number of sulfone groups is 1. The molecule has 4 rings (SSSR count). The van der Waals surface area contributed by atoms with Crippen molar-refractivity contribution in [3.8, 4) is 5.75 Å². The first-order chi connectivity index (χ1) is 15.9. The minimum atomic E-state index is -3.41. The highest BCUT2D eigenvalue weighted by Gasteiger charge is 2.18. The Hall–Kier alpha value is -2.27. The maximum atomic E-state index is 12.6. The maximum absolute atomic E-state index is 12.6. The van der Waals surface area contributed by atoms with E-state index in [1.165, 1.54) is 11.8 Å². The van der Waals surface area contributed by atoms with E-state index in [1.54, 1.807) is 60.9 Å². The van der Waals surface area contributed by atoms with E-state index in [-0.39, 0.29) is 12.4 Å². The highest BCUT2D eigenvalue weighted by atomic mass is 79.9. The average Bonchev–Trinajstić information content (AvgIpc) is 3.44. The highest BCUT2D eigenvalue weighted by Crippen LogP contribution is 2.23. The van der Waals surface area contributed by atoms with E-state index in [4.69, 9.17) is 20.8 Å². The lowest BCUT2D eigenvalue weighted by atomic mass is 10.3. The third kappa shape index (κ3) is 6.41. The number of nitrogens with zero attached hydrogens (tertiary/aromatic N) is 3. The van der Waals surface area contributed by atoms with E-state index in [1.807, 2.05) is 10.6 Å². The molecular weight excluding hydrogens is 550 g/mol. The molecular formula is C22H19BrClN3O4S2. The molecule has 4 aromatic rings. The van der Waals surface area contributed by atoms with Crippen LogP contribution in [-0.2, 0) is 23.0 Å². The Morgan fingerprint density at radius 1 is 1.06 bits per heavy atom. The average molecular weight is 569 g/mol. The van der Waals surface area contributed by atoms with Gasteiger partial charge in [-0.3, -0.25) is 4.57 Å². The van der Waals surface area contributed by atoms with Crippen molar-refractivity contribution in [1.82, 2.24) is 14.8 Å². The van der Waals surface area contributed by atoms with E-state index in [9.17, 15) is 8.42 Å². The molecule has 0 spiro atoms. The minimum Gasteiger partial charge on any atom is -0.486 e. The molecule has 33 heavy (non-hydrogen) atoms. The molecule has 2 heterocycles. The number of aromatic nitrogens is 3. The fourth-order valence-electron chi connectivity index (χ4n) is 2.93. The number of benzene rings is 2. The van der Waals surface area contributed by atoms with Crippen molar-refractivity contribution in [2.45, 2.75) is 23.2 Å². The molecule has 0 aliphatic rings. The fraction of sp³-hybridized carbons (Fsp3) is 0.182. The summed E-state index contributed by atoms with van der Waals surface area (Å²) in [6.07, 6.45) is 1.60. The first kappa shape index (κ1) is 23.9. The standard InChI is InChI=1S/C22H19BrClN3O4S2/c23-16-3-9-20(10-4-16)33(28,29)13-12-32-22-26-25-21(27(22)14-19-2-1-11-30-19)15-31-18-7-5-17(24)6-8-18/h1-11H,12-15H2. The van der Waals surface area contributed by atoms with Crippen molar-refractivity contribution in [2.24, 2.45) is 0 Å². The normalized spacial score (nSPS) is 11.6. The van der Waals surface area contributed by atoms with Crippen LogP contribution < -0.4 is 4.74 Å². The van der Waals surface area contributed by atoms with Crippen LogP contribution in [0.25, 0.3) is 0 Å². The summed E-state index contributed by atoms with van der Waals surface area (Å²) in [4.78, 5) is 0.292. The third-order valence-electron chi connectivity index (χ3n) is 4.63. The van der Waals surface area contributed by atoms with Gasteiger partial charge in [-0.25, -0.2) is 8.42 Å². The smallest absolute Gasteiger partial charge is 0.191 e. The van der Waals surface area contributed by atoms with Gasteiger partial charge in [-0.1, -0.05) is 39.3 Å². The lowest BCUT2D eigenvalue weighted by Crippen LogP contribution is -2.11. The zero-order chi connectivity index (χ0) is 23.3. The minimum absolute atomic E-state index is 0.0243. The summed E-state index contributed by atoms with van der Waals surface area (Å²) >= 11 is 10.6. The highest BCUT2D eigenvalue weighted by molar-refractivity contribution is 9.10. The van der Waals surface area contributed by atoms with Gasteiger partial charge in [-0.2, -0.15) is 0 Å². The lowest BCUT2D eigenvalue weighted by molar-refractivity contribution is 0.287. The summed E-state index contributed by atoms with van der Waals surface area (Å²) in [5.41, 5.74) is 0. The van der Waals surface area contributed by atoms with Crippen LogP contribution in [0.1, 0.15) is 11.6 Å². The van der Waals surface area contributed by atoms with Crippen LogP contribution in [-0.4, -0.2) is 34.7 Å². The molecule has 0 radical (unpaired) electrons. The SMILES string of the molecule is O=S(=O)(CCSc1nnc(COc2ccc(Cl)cc2)n1Cc1ccco1)c1ccc(Br)cc1. The third-order valence-corrected chi connectivity index (χ3v) is 8.36. The monoisotopic (exact) mass is 567 g/mol. The van der Waals surface area contributed by atoms with E-state index in [0.717, 1.165) is 10.2 Å². The number of furan rings is 1. The molecule has 0 amide bonds. The largest absolute Gasteiger partial charge is 0.486 e. The van der Waals surface area contributed by atoms with Crippen LogP contribution >= 0.6 is 39.3 Å². The molecule has 2 aromatic carbocycles.